The zero-order valence-electron chi connectivity index (χ0n) is 48.3. The molecular formula is C62H60Br5Cl2F9N6O4S. The lowest BCUT2D eigenvalue weighted by molar-refractivity contribution is -0.155. The highest BCUT2D eigenvalue weighted by molar-refractivity contribution is 9.11. The molecule has 0 aliphatic heterocycles. The van der Waals surface area contributed by atoms with Crippen LogP contribution in [-0.2, 0) is 38.9 Å². The number of aryl methyl sites for hydroxylation is 1. The van der Waals surface area contributed by atoms with E-state index in [0.717, 1.165) is 60.0 Å². The molecule has 3 aromatic carbocycles. The van der Waals surface area contributed by atoms with Crippen LogP contribution >= 0.6 is 104 Å². The van der Waals surface area contributed by atoms with Gasteiger partial charge in [0.15, 0.2) is 6.29 Å². The number of benzene rings is 3. The van der Waals surface area contributed by atoms with E-state index in [1.165, 1.54) is 36.4 Å². The number of halogens is 16. The molecule has 4 atom stereocenters. The van der Waals surface area contributed by atoms with Gasteiger partial charge in [-0.05, 0) is 242 Å². The maximum atomic E-state index is 12.8. The average Bonchev–Trinajstić information content (AvgIpc) is 1.18. The van der Waals surface area contributed by atoms with Crippen LogP contribution in [0.25, 0.3) is 0 Å². The van der Waals surface area contributed by atoms with E-state index in [-0.39, 0.29) is 42.9 Å². The summed E-state index contributed by atoms with van der Waals surface area (Å²) < 4.78 is 136. The van der Waals surface area contributed by atoms with Gasteiger partial charge in [0, 0.05) is 86.5 Å². The summed E-state index contributed by atoms with van der Waals surface area (Å²) in [7, 11) is -1.18. The Hall–Kier alpha value is -4.99. The summed E-state index contributed by atoms with van der Waals surface area (Å²) in [4.78, 5) is 43.0. The largest absolute Gasteiger partial charge is 0.460 e. The maximum absolute atomic E-state index is 12.8. The Morgan fingerprint density at radius 3 is 1.16 bits per heavy atom. The normalized spacial score (nSPS) is 12.7. The highest BCUT2D eigenvalue weighted by Crippen LogP contribution is 2.38. The number of rotatable bonds is 11. The standard InChI is InChI=1S/C19H19BrF3NO2.C18H19BrF3NOS.C13H10BrF3N2.C6H4BrNO.C6H6BrN.2ClH/c1-18(2,3)26-16(25)11-14(17-15(20)5-4-10-24-17)12-6-8-13(9-7-12)19(21,22)23;1-17(2,3)25(24)11-14(16-15(19)5-4-10-23-16)12-6-8-13(9-7-12)18(20,21)22;14-10-2-1-7-19-12(10)11(18)8-3-5-9(6-4-8)13(15,16)17;7-5-2-1-3-8-6(5)4-9;1-5-6(7)3-2-4-8-5;;/h4-10,14H,11H2,1-3H3;4-10,14H,11H2,1-3H3;1-7,11H,18H2;1-4H;2-4H,1H3;2*1H/t14-;14-,25+;11-;;;;/m000..../s1. The van der Waals surface area contributed by atoms with E-state index in [1.54, 1.807) is 94.2 Å². The van der Waals surface area contributed by atoms with Crippen molar-refractivity contribution in [1.82, 2.24) is 24.9 Å². The van der Waals surface area contributed by atoms with Crippen LogP contribution in [0.2, 0.25) is 0 Å². The van der Waals surface area contributed by atoms with Gasteiger partial charge in [-0.3, -0.25) is 38.7 Å². The minimum atomic E-state index is -4.41. The molecular weight excluding hydrogens is 1570 g/mol. The molecule has 27 heteroatoms. The Morgan fingerprint density at radius 2 is 0.843 bits per heavy atom. The first-order valence-corrected chi connectivity index (χ1v) is 31.1. The summed E-state index contributed by atoms with van der Waals surface area (Å²) in [6.45, 7) is 12.9. The second kappa shape index (κ2) is 36.3. The van der Waals surface area contributed by atoms with E-state index < -0.39 is 74.3 Å². The first-order valence-electron chi connectivity index (χ1n) is 25.8. The minimum absolute atomic E-state index is 0. The van der Waals surface area contributed by atoms with Crippen LogP contribution in [0.4, 0.5) is 39.5 Å². The van der Waals surface area contributed by atoms with E-state index in [0.29, 0.717) is 50.2 Å². The number of aromatic nitrogens is 5. The third-order valence-corrected chi connectivity index (χ3v) is 17.3. The number of hydrogen-bond donors (Lipinski definition) is 1. The Morgan fingerprint density at radius 1 is 0.506 bits per heavy atom. The fraction of sp³-hybridized carbons (Fsp3) is 0.274. The Bertz CT molecular complexity index is 3510. The molecule has 8 aromatic rings. The third kappa shape index (κ3) is 26.6. The van der Waals surface area contributed by atoms with Gasteiger partial charge in [0.05, 0.1) is 51.9 Å². The molecule has 10 nitrogen and oxygen atoms in total. The smallest absolute Gasteiger partial charge is 0.416 e. The zero-order valence-corrected chi connectivity index (χ0v) is 58.7. The molecule has 0 bridgehead atoms. The van der Waals surface area contributed by atoms with Crippen LogP contribution < -0.4 is 5.73 Å². The summed E-state index contributed by atoms with van der Waals surface area (Å²) in [6, 6.07) is 32.0. The van der Waals surface area contributed by atoms with Crippen LogP contribution in [-0.4, -0.2) is 57.5 Å². The first-order chi connectivity index (χ1) is 40.5. The Balaban J connectivity index is 0.000000400. The van der Waals surface area contributed by atoms with E-state index in [2.05, 4.69) is 105 Å². The Kier molecular flexibility index (Phi) is 32.7. The van der Waals surface area contributed by atoms with Crippen molar-refractivity contribution in [3.8, 4) is 0 Å². The number of aldehydes is 1. The molecule has 0 unspecified atom stereocenters. The van der Waals surface area contributed by atoms with E-state index in [1.807, 2.05) is 45.9 Å². The molecule has 89 heavy (non-hydrogen) atoms. The molecule has 8 rings (SSSR count). The number of hydrogen-bond acceptors (Lipinski definition) is 10. The van der Waals surface area contributed by atoms with Crippen molar-refractivity contribution in [2.45, 2.75) is 102 Å². The number of carbonyl (C=O) groups is 2. The van der Waals surface area contributed by atoms with Crippen LogP contribution in [0.15, 0.2) is 187 Å². The van der Waals surface area contributed by atoms with Crippen LogP contribution in [0.1, 0.15) is 132 Å². The van der Waals surface area contributed by atoms with Crippen LogP contribution in [0.3, 0.4) is 0 Å². The second-order valence-corrected chi connectivity index (χ2v) is 27.0. The molecule has 5 aromatic heterocycles. The summed E-state index contributed by atoms with van der Waals surface area (Å²) in [6.07, 6.45) is -4.31. The van der Waals surface area contributed by atoms with Gasteiger partial charge >= 0.3 is 24.5 Å². The highest BCUT2D eigenvalue weighted by Gasteiger charge is 2.34. The number of ether oxygens (including phenoxy) is 1. The fourth-order valence-electron chi connectivity index (χ4n) is 7.39. The van der Waals surface area contributed by atoms with Crippen molar-refractivity contribution in [1.29, 1.82) is 0 Å². The molecule has 0 radical (unpaired) electrons. The molecule has 0 saturated carbocycles. The predicted octanol–water partition coefficient (Wildman–Crippen LogP) is 19.8. The van der Waals surface area contributed by atoms with Crippen molar-refractivity contribution in [3.63, 3.8) is 0 Å². The number of carbonyl (C=O) groups excluding carboxylic acids is 2. The lowest BCUT2D eigenvalue weighted by Crippen LogP contribution is -2.27. The average molecular weight is 1630 g/mol. The second-order valence-electron chi connectivity index (χ2n) is 20.5. The summed E-state index contributed by atoms with van der Waals surface area (Å²) in [5, 5.41) is 0. The lowest BCUT2D eigenvalue weighted by Gasteiger charge is -2.24. The van der Waals surface area contributed by atoms with Gasteiger partial charge < -0.3 is 10.5 Å². The Labute approximate surface area is 567 Å². The summed E-state index contributed by atoms with van der Waals surface area (Å²) in [5.41, 5.74) is 8.31. The van der Waals surface area contributed by atoms with Crippen molar-refractivity contribution in [2.24, 2.45) is 5.73 Å². The van der Waals surface area contributed by atoms with E-state index >= 15 is 0 Å². The first kappa shape index (κ1) is 80.1. The molecule has 5 heterocycles. The van der Waals surface area contributed by atoms with Gasteiger partial charge in [-0.2, -0.15) is 39.5 Å². The van der Waals surface area contributed by atoms with Crippen LogP contribution in [0.5, 0.6) is 0 Å². The summed E-state index contributed by atoms with van der Waals surface area (Å²) in [5.74, 6) is -1.05. The highest BCUT2D eigenvalue weighted by atomic mass is 79.9. The maximum Gasteiger partial charge on any atom is 0.416 e. The quantitative estimate of drug-likeness (QED) is 0.0753. The number of esters is 1. The molecule has 0 aliphatic rings. The van der Waals surface area contributed by atoms with Crippen molar-refractivity contribution < 1.29 is 58.0 Å². The minimum Gasteiger partial charge on any atom is -0.460 e. The van der Waals surface area contributed by atoms with Gasteiger partial charge in [-0.1, -0.05) is 36.4 Å². The molecule has 0 aliphatic carbocycles. The van der Waals surface area contributed by atoms with Gasteiger partial charge in [0.1, 0.15) is 11.3 Å². The monoisotopic (exact) mass is 1620 g/mol. The van der Waals surface area contributed by atoms with Crippen LogP contribution in [0, 0.1) is 6.92 Å². The van der Waals surface area contributed by atoms with Crippen molar-refractivity contribution in [3.05, 3.63) is 249 Å². The van der Waals surface area contributed by atoms with Gasteiger partial charge in [-0.15, -0.1) is 24.8 Å². The lowest BCUT2D eigenvalue weighted by atomic mass is 9.91. The molecule has 0 spiro atoms. The molecule has 480 valence electrons. The fourth-order valence-corrected chi connectivity index (χ4v) is 10.7. The van der Waals surface area contributed by atoms with Crippen molar-refractivity contribution in [2.75, 3.05) is 5.75 Å². The number of nitrogens with zero attached hydrogens (tertiary/aromatic N) is 5. The number of alkyl halides is 9. The SMILES string of the molecule is CC(C)(C)OC(=O)C[C@@H](c1ccc(C(F)(F)F)cc1)c1ncccc1Br.CC(C)(C)[S@](=O)C[C@@H](c1ccc(C(F)(F)F)cc1)c1ncccc1Br.Cc1ncccc1Br.Cl.Cl.N[C@@H](c1ccc(C(F)(F)F)cc1)c1ncccc1Br.O=Cc1ncccc1Br. The number of pyridine rings is 5. The van der Waals surface area contributed by atoms with E-state index in [4.69, 9.17) is 10.5 Å². The molecule has 0 amide bonds. The van der Waals surface area contributed by atoms with Crippen molar-refractivity contribution >= 4 is 128 Å². The van der Waals surface area contributed by atoms with E-state index in [9.17, 15) is 53.3 Å². The van der Waals surface area contributed by atoms with Gasteiger partial charge in [0.25, 0.3) is 0 Å². The number of nitrogens with two attached hydrogens (primary N) is 1. The molecule has 2 N–H and O–H groups in total. The topological polar surface area (TPSA) is 151 Å². The predicted molar refractivity (Wildman–Crippen MR) is 352 cm³/mol. The van der Waals surface area contributed by atoms with Gasteiger partial charge in [0.2, 0.25) is 0 Å². The zero-order chi connectivity index (χ0) is 65.1. The third-order valence-electron chi connectivity index (χ3n) is 11.8. The summed E-state index contributed by atoms with van der Waals surface area (Å²) >= 11 is 16.6. The molecule has 0 saturated heterocycles. The molecule has 0 fully saturated rings. The van der Waals surface area contributed by atoms with Gasteiger partial charge in [-0.25, -0.2) is 0 Å².